The highest BCUT2D eigenvalue weighted by atomic mass is 32.2. The van der Waals surface area contributed by atoms with Gasteiger partial charge >= 0.3 is 0 Å². The third-order valence-corrected chi connectivity index (χ3v) is 5.85. The molecule has 0 spiro atoms. The Labute approximate surface area is 131 Å². The van der Waals surface area contributed by atoms with E-state index in [0.717, 1.165) is 18.8 Å². The predicted octanol–water partition coefficient (Wildman–Crippen LogP) is 4.22. The van der Waals surface area contributed by atoms with Crippen LogP contribution in [0.15, 0.2) is 36.4 Å². The van der Waals surface area contributed by atoms with Crippen molar-refractivity contribution in [3.63, 3.8) is 0 Å². The van der Waals surface area contributed by atoms with Gasteiger partial charge in [0.1, 0.15) is 5.75 Å². The molecule has 1 atom stereocenters. The molecule has 3 rings (SSSR count). The Morgan fingerprint density at radius 3 is 2.71 bits per heavy atom. The van der Waals surface area contributed by atoms with Gasteiger partial charge in [0.25, 0.3) is 0 Å². The molecular formula is C18H23NOS. The number of benzene rings is 2. The highest BCUT2D eigenvalue weighted by molar-refractivity contribution is 8.00. The minimum absolute atomic E-state index is 0.419. The SMILES string of the molecule is COc1ccc(CNCC2(C)CCCS2)c2ccccc12. The number of thioether (sulfide) groups is 1. The molecule has 2 aromatic carbocycles. The molecule has 2 nitrogen and oxygen atoms in total. The molecule has 3 heteroatoms. The predicted molar refractivity (Wildman–Crippen MR) is 92.3 cm³/mol. The molecule has 0 amide bonds. The number of fused-ring (bicyclic) bond motifs is 1. The molecular weight excluding hydrogens is 278 g/mol. The fraction of sp³-hybridized carbons (Fsp3) is 0.444. The second kappa shape index (κ2) is 6.29. The molecule has 0 saturated carbocycles. The van der Waals surface area contributed by atoms with Crippen molar-refractivity contribution < 1.29 is 4.74 Å². The lowest BCUT2D eigenvalue weighted by Gasteiger charge is -2.23. The molecule has 1 aliphatic rings. The van der Waals surface area contributed by atoms with E-state index in [4.69, 9.17) is 4.74 Å². The third kappa shape index (κ3) is 3.19. The fourth-order valence-corrected chi connectivity index (χ4v) is 4.38. The zero-order valence-electron chi connectivity index (χ0n) is 12.8. The summed E-state index contributed by atoms with van der Waals surface area (Å²) in [5, 5.41) is 6.13. The van der Waals surface area contributed by atoms with Gasteiger partial charge < -0.3 is 10.1 Å². The van der Waals surface area contributed by atoms with Gasteiger partial charge in [0, 0.05) is 23.2 Å². The summed E-state index contributed by atoms with van der Waals surface area (Å²) in [5.74, 6) is 2.26. The molecule has 2 aromatic rings. The number of hydrogen-bond donors (Lipinski definition) is 1. The van der Waals surface area contributed by atoms with Crippen molar-refractivity contribution in [2.24, 2.45) is 0 Å². The molecule has 1 aliphatic heterocycles. The van der Waals surface area contributed by atoms with E-state index in [1.807, 2.05) is 0 Å². The maximum Gasteiger partial charge on any atom is 0.126 e. The van der Waals surface area contributed by atoms with Crippen LogP contribution in [-0.2, 0) is 6.54 Å². The number of ether oxygens (including phenoxy) is 1. The molecule has 112 valence electrons. The van der Waals surface area contributed by atoms with Crippen LogP contribution in [0.4, 0.5) is 0 Å². The number of methoxy groups -OCH3 is 1. The van der Waals surface area contributed by atoms with E-state index in [2.05, 4.69) is 60.4 Å². The Hall–Kier alpha value is -1.19. The van der Waals surface area contributed by atoms with Crippen molar-refractivity contribution in [1.29, 1.82) is 0 Å². The summed E-state index contributed by atoms with van der Waals surface area (Å²) >= 11 is 2.11. The van der Waals surface area contributed by atoms with Gasteiger partial charge in [-0.3, -0.25) is 0 Å². The first-order chi connectivity index (χ1) is 10.2. The zero-order valence-corrected chi connectivity index (χ0v) is 13.6. The molecule has 0 radical (unpaired) electrons. The molecule has 0 bridgehead atoms. The maximum absolute atomic E-state index is 5.46. The standard InChI is InChI=1S/C18H23NOS/c1-18(10-5-11-21-18)13-19-12-14-8-9-17(20-2)16-7-4-3-6-15(14)16/h3-4,6-9,19H,5,10-13H2,1-2H3. The van der Waals surface area contributed by atoms with Crippen LogP contribution in [0.2, 0.25) is 0 Å². The van der Waals surface area contributed by atoms with Crippen LogP contribution in [0.1, 0.15) is 25.3 Å². The minimum atomic E-state index is 0.419. The second-order valence-corrected chi connectivity index (χ2v) is 7.66. The Morgan fingerprint density at radius 2 is 2.00 bits per heavy atom. The molecule has 1 saturated heterocycles. The Kier molecular flexibility index (Phi) is 4.41. The Morgan fingerprint density at radius 1 is 1.19 bits per heavy atom. The summed E-state index contributed by atoms with van der Waals surface area (Å²) in [6.45, 7) is 4.38. The van der Waals surface area contributed by atoms with Gasteiger partial charge in [0.15, 0.2) is 0 Å². The number of rotatable bonds is 5. The van der Waals surface area contributed by atoms with Gasteiger partial charge in [0.05, 0.1) is 7.11 Å². The van der Waals surface area contributed by atoms with Crippen molar-refractivity contribution in [2.45, 2.75) is 31.1 Å². The highest BCUT2D eigenvalue weighted by Gasteiger charge is 2.28. The van der Waals surface area contributed by atoms with Crippen molar-refractivity contribution in [3.8, 4) is 5.75 Å². The van der Waals surface area contributed by atoms with Crippen molar-refractivity contribution in [3.05, 3.63) is 42.0 Å². The summed E-state index contributed by atoms with van der Waals surface area (Å²) in [6, 6.07) is 12.7. The van der Waals surface area contributed by atoms with Crippen LogP contribution in [-0.4, -0.2) is 24.2 Å². The van der Waals surface area contributed by atoms with Gasteiger partial charge in [-0.2, -0.15) is 11.8 Å². The lowest BCUT2D eigenvalue weighted by atomic mass is 10.0. The molecule has 1 fully saturated rings. The minimum Gasteiger partial charge on any atom is -0.496 e. The summed E-state index contributed by atoms with van der Waals surface area (Å²) < 4.78 is 5.88. The molecule has 0 aliphatic carbocycles. The monoisotopic (exact) mass is 301 g/mol. The lowest BCUT2D eigenvalue weighted by Crippen LogP contribution is -2.32. The van der Waals surface area contributed by atoms with Gasteiger partial charge in [-0.25, -0.2) is 0 Å². The molecule has 21 heavy (non-hydrogen) atoms. The first-order valence-electron chi connectivity index (χ1n) is 7.61. The van der Waals surface area contributed by atoms with Crippen LogP contribution in [0.5, 0.6) is 5.75 Å². The van der Waals surface area contributed by atoms with E-state index in [9.17, 15) is 0 Å². The fourth-order valence-electron chi connectivity index (χ4n) is 3.10. The van der Waals surface area contributed by atoms with Crippen LogP contribution in [0, 0.1) is 0 Å². The zero-order chi connectivity index (χ0) is 14.7. The van der Waals surface area contributed by atoms with E-state index in [0.29, 0.717) is 4.75 Å². The Balaban J connectivity index is 1.75. The maximum atomic E-state index is 5.46. The summed E-state index contributed by atoms with van der Waals surface area (Å²) in [6.07, 6.45) is 2.68. The van der Waals surface area contributed by atoms with E-state index in [-0.39, 0.29) is 0 Å². The average molecular weight is 301 g/mol. The van der Waals surface area contributed by atoms with E-state index >= 15 is 0 Å². The quantitative estimate of drug-likeness (QED) is 0.893. The topological polar surface area (TPSA) is 21.3 Å². The largest absolute Gasteiger partial charge is 0.496 e. The number of hydrogen-bond acceptors (Lipinski definition) is 3. The van der Waals surface area contributed by atoms with Gasteiger partial charge in [-0.1, -0.05) is 30.3 Å². The number of nitrogens with one attached hydrogen (secondary N) is 1. The van der Waals surface area contributed by atoms with Gasteiger partial charge in [-0.05, 0) is 42.5 Å². The lowest BCUT2D eigenvalue weighted by molar-refractivity contribution is 0.419. The molecule has 1 unspecified atom stereocenters. The first-order valence-corrected chi connectivity index (χ1v) is 8.60. The van der Waals surface area contributed by atoms with Gasteiger partial charge in [-0.15, -0.1) is 0 Å². The summed E-state index contributed by atoms with van der Waals surface area (Å²) in [7, 11) is 1.73. The van der Waals surface area contributed by atoms with Crippen LogP contribution >= 0.6 is 11.8 Å². The van der Waals surface area contributed by atoms with Crippen LogP contribution in [0.3, 0.4) is 0 Å². The van der Waals surface area contributed by atoms with E-state index < -0.39 is 0 Å². The van der Waals surface area contributed by atoms with E-state index in [1.165, 1.54) is 34.9 Å². The van der Waals surface area contributed by atoms with Crippen LogP contribution < -0.4 is 10.1 Å². The average Bonchev–Trinajstić information content (AvgIpc) is 2.94. The molecule has 0 aromatic heterocycles. The summed E-state index contributed by atoms with van der Waals surface area (Å²) in [5.41, 5.74) is 1.35. The summed E-state index contributed by atoms with van der Waals surface area (Å²) in [4.78, 5) is 0. The third-order valence-electron chi connectivity index (χ3n) is 4.31. The van der Waals surface area contributed by atoms with Crippen molar-refractivity contribution >= 4 is 22.5 Å². The first kappa shape index (κ1) is 14.7. The Bertz CT molecular complexity index is 620. The normalized spacial score (nSPS) is 21.8. The van der Waals surface area contributed by atoms with E-state index in [1.54, 1.807) is 7.11 Å². The molecule has 1 heterocycles. The highest BCUT2D eigenvalue weighted by Crippen LogP contribution is 2.37. The van der Waals surface area contributed by atoms with Crippen LogP contribution in [0.25, 0.3) is 10.8 Å². The smallest absolute Gasteiger partial charge is 0.126 e. The van der Waals surface area contributed by atoms with Crippen molar-refractivity contribution in [1.82, 2.24) is 5.32 Å². The molecule has 1 N–H and O–H groups in total. The van der Waals surface area contributed by atoms with Crippen molar-refractivity contribution in [2.75, 3.05) is 19.4 Å². The second-order valence-electron chi connectivity index (χ2n) is 5.98. The van der Waals surface area contributed by atoms with Gasteiger partial charge in [0.2, 0.25) is 0 Å².